The largest absolute Gasteiger partial charge is 0.374 e. The summed E-state index contributed by atoms with van der Waals surface area (Å²) in [5.41, 5.74) is 1.26. The fraction of sp³-hybridized carbons (Fsp3) is 0.667. The Hall–Kier alpha value is -1.33. The maximum absolute atomic E-state index is 12.0. The topological polar surface area (TPSA) is 152 Å². The van der Waals surface area contributed by atoms with Crippen LogP contribution in [0.5, 0.6) is 0 Å². The molecule has 2 unspecified atom stereocenters. The lowest BCUT2D eigenvalue weighted by Crippen LogP contribution is -2.41. The first-order valence-corrected chi connectivity index (χ1v) is 8.93. The molecule has 11 nitrogen and oxygen atoms in total. The summed E-state index contributed by atoms with van der Waals surface area (Å²) in [4.78, 5) is 48.7. The van der Waals surface area contributed by atoms with Gasteiger partial charge in [0.1, 0.15) is 12.2 Å². The third kappa shape index (κ3) is 4.39. The fourth-order valence-corrected chi connectivity index (χ4v) is 3.21. The number of methoxy groups -OCH3 is 1. The molecule has 24 heavy (non-hydrogen) atoms. The summed E-state index contributed by atoms with van der Waals surface area (Å²) in [6, 6.07) is 1.16. The van der Waals surface area contributed by atoms with Crippen molar-refractivity contribution in [2.45, 2.75) is 31.0 Å². The van der Waals surface area contributed by atoms with Crippen LogP contribution in [0.3, 0.4) is 0 Å². The van der Waals surface area contributed by atoms with Crippen molar-refractivity contribution in [2.75, 3.05) is 20.3 Å². The molecule has 0 saturated carbocycles. The summed E-state index contributed by atoms with van der Waals surface area (Å²) in [5, 5.41) is 0. The van der Waals surface area contributed by atoms with Gasteiger partial charge in [0.05, 0.1) is 12.3 Å². The predicted octanol–water partition coefficient (Wildman–Crippen LogP) is -1.46. The smallest absolute Gasteiger partial charge is 0.330 e. The summed E-state index contributed by atoms with van der Waals surface area (Å²) in [7, 11) is -1.29. The highest BCUT2D eigenvalue weighted by atomic mass is 31.2. The molecule has 0 bridgehead atoms. The summed E-state index contributed by atoms with van der Waals surface area (Å²) >= 11 is 0. The van der Waals surface area contributed by atoms with Gasteiger partial charge in [-0.1, -0.05) is 0 Å². The lowest BCUT2D eigenvalue weighted by molar-refractivity contribution is -0.0917. The van der Waals surface area contributed by atoms with E-state index >= 15 is 0 Å². The van der Waals surface area contributed by atoms with Crippen molar-refractivity contribution in [1.29, 1.82) is 0 Å². The van der Waals surface area contributed by atoms with Crippen LogP contribution < -0.4 is 16.7 Å². The SMILES string of the molecule is CNOC1C(OC)[C@H](n2ccc(=O)[nH]c2=O)O[C@@H]1CCP(=O)(O)O. The second-order valence-corrected chi connectivity index (χ2v) is 7.02. The maximum atomic E-state index is 12.0. The van der Waals surface area contributed by atoms with Crippen LogP contribution in [-0.4, -0.2) is 58.0 Å². The van der Waals surface area contributed by atoms with Gasteiger partial charge >= 0.3 is 13.3 Å². The van der Waals surface area contributed by atoms with Crippen LogP contribution in [0.1, 0.15) is 12.6 Å². The Morgan fingerprint density at radius 2 is 2.12 bits per heavy atom. The minimum atomic E-state index is -4.21. The molecule has 1 aliphatic rings. The number of ether oxygens (including phenoxy) is 2. The molecule has 0 aromatic carbocycles. The average Bonchev–Trinajstić information content (AvgIpc) is 2.82. The third-order valence-electron chi connectivity index (χ3n) is 3.64. The zero-order valence-corrected chi connectivity index (χ0v) is 14.0. The van der Waals surface area contributed by atoms with Crippen molar-refractivity contribution in [3.63, 3.8) is 0 Å². The summed E-state index contributed by atoms with van der Waals surface area (Å²) in [6.07, 6.45) is -2.22. The number of H-pyrrole nitrogens is 1. The van der Waals surface area contributed by atoms with Gasteiger partial charge in [-0.3, -0.25) is 23.7 Å². The van der Waals surface area contributed by atoms with E-state index in [4.69, 9.17) is 24.1 Å². The van der Waals surface area contributed by atoms with Crippen LogP contribution in [0, 0.1) is 0 Å². The highest BCUT2D eigenvalue weighted by molar-refractivity contribution is 7.51. The Bertz CT molecular complexity index is 713. The van der Waals surface area contributed by atoms with E-state index in [1.165, 1.54) is 20.4 Å². The van der Waals surface area contributed by atoms with E-state index in [2.05, 4.69) is 10.5 Å². The maximum Gasteiger partial charge on any atom is 0.330 e. The molecule has 0 amide bonds. The normalized spacial score (nSPS) is 27.5. The first kappa shape index (κ1) is 19.0. The minimum absolute atomic E-state index is 0.00505. The minimum Gasteiger partial charge on any atom is -0.374 e. The number of nitrogens with one attached hydrogen (secondary N) is 2. The van der Waals surface area contributed by atoms with E-state index in [1.54, 1.807) is 0 Å². The van der Waals surface area contributed by atoms with Crippen molar-refractivity contribution >= 4 is 7.60 Å². The molecule has 0 aliphatic carbocycles. The van der Waals surface area contributed by atoms with Gasteiger partial charge in [0, 0.05) is 26.4 Å². The number of aromatic amines is 1. The molecule has 1 aliphatic heterocycles. The van der Waals surface area contributed by atoms with Crippen molar-refractivity contribution in [3.8, 4) is 0 Å². The molecular weight excluding hydrogens is 345 g/mol. The van der Waals surface area contributed by atoms with Gasteiger partial charge in [0.2, 0.25) is 0 Å². The zero-order chi connectivity index (χ0) is 17.9. The van der Waals surface area contributed by atoms with E-state index in [9.17, 15) is 14.2 Å². The summed E-state index contributed by atoms with van der Waals surface area (Å²) in [6.45, 7) is 0. The average molecular weight is 365 g/mol. The second-order valence-electron chi connectivity index (χ2n) is 5.25. The predicted molar refractivity (Wildman–Crippen MR) is 81.5 cm³/mol. The molecule has 2 heterocycles. The van der Waals surface area contributed by atoms with Crippen LogP contribution in [0.25, 0.3) is 0 Å². The zero-order valence-electron chi connectivity index (χ0n) is 13.1. The quantitative estimate of drug-likeness (QED) is 0.335. The highest BCUT2D eigenvalue weighted by Crippen LogP contribution is 2.40. The van der Waals surface area contributed by atoms with E-state index in [-0.39, 0.29) is 6.42 Å². The number of hydrogen-bond donors (Lipinski definition) is 4. The molecule has 1 fully saturated rings. The molecule has 2 rings (SSSR count). The van der Waals surface area contributed by atoms with Crippen molar-refractivity contribution in [2.24, 2.45) is 0 Å². The monoisotopic (exact) mass is 365 g/mol. The standard InChI is InChI=1S/C12H20N3O8P/c1-13-23-9-7(4-6-24(18,19)20)22-11(10(9)21-2)15-5-3-8(16)14-12(15)17/h3,5,7,9-11,13H,4,6H2,1-2H3,(H,14,16,17)(H2,18,19,20)/t7-,9?,10?,11-/m1/s1. The van der Waals surface area contributed by atoms with Crippen LogP contribution in [0.15, 0.2) is 21.9 Å². The number of aromatic nitrogens is 2. The molecule has 136 valence electrons. The molecule has 12 heteroatoms. The highest BCUT2D eigenvalue weighted by Gasteiger charge is 2.47. The van der Waals surface area contributed by atoms with Crippen LogP contribution >= 0.6 is 7.60 Å². The first-order valence-electron chi connectivity index (χ1n) is 7.13. The summed E-state index contributed by atoms with van der Waals surface area (Å²) < 4.78 is 23.3. The van der Waals surface area contributed by atoms with E-state index in [0.717, 1.165) is 10.6 Å². The van der Waals surface area contributed by atoms with Crippen LogP contribution in [0.4, 0.5) is 0 Å². The summed E-state index contributed by atoms with van der Waals surface area (Å²) in [5.74, 6) is 0. The molecule has 4 atom stereocenters. The molecule has 1 saturated heterocycles. The Morgan fingerprint density at radius 1 is 1.42 bits per heavy atom. The van der Waals surface area contributed by atoms with Gasteiger partial charge in [0.25, 0.3) is 5.56 Å². The van der Waals surface area contributed by atoms with E-state index in [1.807, 2.05) is 0 Å². The number of nitrogens with zero attached hydrogens (tertiary/aromatic N) is 1. The number of hydrogen-bond acceptors (Lipinski definition) is 7. The molecular formula is C12H20N3O8P. The molecule has 4 N–H and O–H groups in total. The van der Waals surface area contributed by atoms with E-state index in [0.29, 0.717) is 0 Å². The van der Waals surface area contributed by atoms with Gasteiger partial charge in [-0.2, -0.15) is 0 Å². The Morgan fingerprint density at radius 3 is 2.67 bits per heavy atom. The van der Waals surface area contributed by atoms with Crippen molar-refractivity contribution in [1.82, 2.24) is 15.0 Å². The van der Waals surface area contributed by atoms with Gasteiger partial charge in [-0.25, -0.2) is 10.3 Å². The first-order chi connectivity index (χ1) is 11.3. The Balaban J connectivity index is 2.29. The van der Waals surface area contributed by atoms with Gasteiger partial charge in [0.15, 0.2) is 6.23 Å². The molecule has 0 radical (unpaired) electrons. The van der Waals surface area contributed by atoms with Gasteiger partial charge in [-0.15, -0.1) is 0 Å². The molecule has 1 aromatic rings. The molecule has 0 spiro atoms. The Kier molecular flexibility index (Phi) is 6.10. The lowest BCUT2D eigenvalue weighted by atomic mass is 10.1. The van der Waals surface area contributed by atoms with E-state index < -0.39 is 49.5 Å². The van der Waals surface area contributed by atoms with Gasteiger partial charge < -0.3 is 19.3 Å². The van der Waals surface area contributed by atoms with Crippen molar-refractivity contribution < 1.29 is 28.7 Å². The van der Waals surface area contributed by atoms with Crippen LogP contribution in [-0.2, 0) is 18.9 Å². The number of hydroxylamine groups is 1. The fourth-order valence-electron chi connectivity index (χ4n) is 2.62. The van der Waals surface area contributed by atoms with Crippen LogP contribution in [0.2, 0.25) is 0 Å². The number of rotatable bonds is 7. The molecule has 1 aromatic heterocycles. The van der Waals surface area contributed by atoms with Gasteiger partial charge in [-0.05, 0) is 6.42 Å². The lowest BCUT2D eigenvalue weighted by Gasteiger charge is -2.22. The second kappa shape index (κ2) is 7.70. The van der Waals surface area contributed by atoms with Crippen molar-refractivity contribution in [3.05, 3.63) is 33.1 Å². The third-order valence-corrected chi connectivity index (χ3v) is 4.48. The Labute approximate surface area is 136 Å².